The molecule has 1 unspecified atom stereocenters. The van der Waals surface area contributed by atoms with Crippen molar-refractivity contribution in [1.82, 2.24) is 24.9 Å². The van der Waals surface area contributed by atoms with E-state index in [-0.39, 0.29) is 17.9 Å². The quantitative estimate of drug-likeness (QED) is 0.480. The lowest BCUT2D eigenvalue weighted by atomic mass is 10.2. The zero-order valence-corrected chi connectivity index (χ0v) is 17.4. The molecule has 1 atom stereocenters. The highest BCUT2D eigenvalue weighted by Gasteiger charge is 2.32. The molecule has 0 fully saturated rings. The van der Waals surface area contributed by atoms with E-state index in [1.165, 1.54) is 31.1 Å². The van der Waals surface area contributed by atoms with Gasteiger partial charge >= 0.3 is 0 Å². The number of amides is 2. The molecule has 2 N–H and O–H groups in total. The molecule has 172 valence electrons. The summed E-state index contributed by atoms with van der Waals surface area (Å²) in [6.45, 7) is 1.24. The van der Waals surface area contributed by atoms with Crippen LogP contribution in [0.4, 0.5) is 23.2 Å². The van der Waals surface area contributed by atoms with Gasteiger partial charge in [0.2, 0.25) is 5.91 Å². The van der Waals surface area contributed by atoms with E-state index >= 15 is 0 Å². The van der Waals surface area contributed by atoms with Gasteiger partial charge in [-0.3, -0.25) is 14.3 Å². The van der Waals surface area contributed by atoms with Gasteiger partial charge in [-0.2, -0.15) is 10.2 Å². The van der Waals surface area contributed by atoms with Crippen LogP contribution in [0.15, 0.2) is 29.0 Å². The van der Waals surface area contributed by atoms with E-state index in [9.17, 15) is 27.2 Å². The zero-order valence-electron chi connectivity index (χ0n) is 16.7. The van der Waals surface area contributed by atoms with Crippen molar-refractivity contribution in [1.29, 1.82) is 0 Å². The van der Waals surface area contributed by atoms with Gasteiger partial charge in [-0.25, -0.2) is 22.2 Å². The average molecular weight is 477 g/mol. The summed E-state index contributed by atoms with van der Waals surface area (Å²) >= 11 is 5.63. The number of hydrogen-bond donors (Lipinski definition) is 2. The van der Waals surface area contributed by atoms with Crippen LogP contribution in [0.5, 0.6) is 0 Å². The van der Waals surface area contributed by atoms with Crippen LogP contribution in [0.25, 0.3) is 0 Å². The second kappa shape index (κ2) is 9.42. The van der Waals surface area contributed by atoms with Crippen molar-refractivity contribution in [3.05, 3.63) is 52.5 Å². The molecule has 0 aliphatic heterocycles. The summed E-state index contributed by atoms with van der Waals surface area (Å²) in [7, 11) is 1.50. The molecule has 3 aromatic heterocycles. The lowest BCUT2D eigenvalue weighted by Crippen LogP contribution is -2.28. The number of rotatable bonds is 8. The molecule has 0 saturated heterocycles. The van der Waals surface area contributed by atoms with Gasteiger partial charge in [0, 0.05) is 13.2 Å². The van der Waals surface area contributed by atoms with Crippen molar-refractivity contribution in [2.75, 3.05) is 5.32 Å². The fourth-order valence-corrected chi connectivity index (χ4v) is 3.13. The molecule has 32 heavy (non-hydrogen) atoms. The molecule has 3 rings (SSSR count). The molecule has 0 saturated carbocycles. The molecule has 0 radical (unpaired) electrons. The summed E-state index contributed by atoms with van der Waals surface area (Å²) in [5.74, 6) is -1.06. The molecule has 0 aliphatic carbocycles. The predicted octanol–water partition coefficient (Wildman–Crippen LogP) is 3.87. The molecule has 0 aliphatic rings. The van der Waals surface area contributed by atoms with Crippen molar-refractivity contribution >= 4 is 29.1 Å². The van der Waals surface area contributed by atoms with Crippen LogP contribution in [0.2, 0.25) is 5.02 Å². The molecular formula is C18H17ClF4N6O3. The molecule has 3 aromatic rings. The van der Waals surface area contributed by atoms with Crippen LogP contribution in [0, 0.1) is 0 Å². The summed E-state index contributed by atoms with van der Waals surface area (Å²) in [6.07, 6.45) is -3.70. The maximum absolute atomic E-state index is 13.4. The number of nitrogens with one attached hydrogen (secondary N) is 2. The number of carbonyl (C=O) groups is 2. The first kappa shape index (κ1) is 23.3. The lowest BCUT2D eigenvalue weighted by Gasteiger charge is -2.15. The highest BCUT2D eigenvalue weighted by Crippen LogP contribution is 2.36. The summed E-state index contributed by atoms with van der Waals surface area (Å²) < 4.78 is 59.7. The molecular weight excluding hydrogens is 460 g/mol. The number of furan rings is 1. The number of carbonyl (C=O) groups excluding carboxylic acids is 2. The average Bonchev–Trinajstić information content (AvgIpc) is 3.44. The molecule has 3 heterocycles. The van der Waals surface area contributed by atoms with Crippen molar-refractivity contribution in [3.8, 4) is 0 Å². The van der Waals surface area contributed by atoms with Crippen LogP contribution >= 0.6 is 11.6 Å². The molecule has 0 bridgehead atoms. The third kappa shape index (κ3) is 4.77. The van der Waals surface area contributed by atoms with Gasteiger partial charge in [0.15, 0.2) is 5.69 Å². The Morgan fingerprint density at radius 1 is 1.22 bits per heavy atom. The van der Waals surface area contributed by atoms with Crippen molar-refractivity contribution < 1.29 is 31.6 Å². The van der Waals surface area contributed by atoms with E-state index in [1.54, 1.807) is 12.1 Å². The number of hydrogen-bond acceptors (Lipinski definition) is 5. The Balaban J connectivity index is 1.80. The van der Waals surface area contributed by atoms with E-state index in [0.717, 1.165) is 0 Å². The summed E-state index contributed by atoms with van der Waals surface area (Å²) in [5, 5.41) is 11.4. The fraction of sp³-hybridized carbons (Fsp3) is 0.333. The Bertz CT molecular complexity index is 1110. The molecule has 14 heteroatoms. The van der Waals surface area contributed by atoms with E-state index in [1.807, 2.05) is 0 Å². The minimum Gasteiger partial charge on any atom is -0.467 e. The maximum Gasteiger partial charge on any atom is 0.283 e. The largest absolute Gasteiger partial charge is 0.467 e. The van der Waals surface area contributed by atoms with E-state index < -0.39 is 47.1 Å². The maximum atomic E-state index is 13.4. The van der Waals surface area contributed by atoms with Gasteiger partial charge in [0.05, 0.1) is 23.5 Å². The third-order valence-electron chi connectivity index (χ3n) is 4.38. The first-order valence-corrected chi connectivity index (χ1v) is 9.47. The molecule has 2 amide bonds. The number of alkyl halides is 4. The van der Waals surface area contributed by atoms with Crippen LogP contribution in [0.1, 0.15) is 53.5 Å². The number of nitrogens with zero attached hydrogens (tertiary/aromatic N) is 4. The van der Waals surface area contributed by atoms with Crippen molar-refractivity contribution in [2.24, 2.45) is 7.05 Å². The second-order valence-corrected chi connectivity index (χ2v) is 7.00. The third-order valence-corrected chi connectivity index (χ3v) is 4.76. The van der Waals surface area contributed by atoms with Crippen LogP contribution < -0.4 is 10.6 Å². The number of aryl methyl sites for hydroxylation is 1. The fourth-order valence-electron chi connectivity index (χ4n) is 2.84. The molecule has 0 aromatic carbocycles. The highest BCUT2D eigenvalue weighted by atomic mass is 35.5. The van der Waals surface area contributed by atoms with E-state index in [0.29, 0.717) is 10.4 Å². The Morgan fingerprint density at radius 3 is 2.53 bits per heavy atom. The topological polar surface area (TPSA) is 107 Å². The SMILES string of the molecule is CC(C(=O)Nc1cn(C)nc1C(=O)NCc1ccco1)n1nc(C(F)F)c(Cl)c1C(F)F. The first-order valence-electron chi connectivity index (χ1n) is 9.09. The normalized spacial score (nSPS) is 12.4. The molecule has 9 nitrogen and oxygen atoms in total. The summed E-state index contributed by atoms with van der Waals surface area (Å²) in [6, 6.07) is 1.83. The second-order valence-electron chi connectivity index (χ2n) is 6.62. The Hall–Kier alpha value is -3.35. The van der Waals surface area contributed by atoms with Gasteiger partial charge in [-0.05, 0) is 19.1 Å². The number of anilines is 1. The first-order chi connectivity index (χ1) is 15.1. The van der Waals surface area contributed by atoms with E-state index in [4.69, 9.17) is 16.0 Å². The van der Waals surface area contributed by atoms with Gasteiger partial charge in [-0.15, -0.1) is 0 Å². The van der Waals surface area contributed by atoms with Gasteiger partial charge in [0.1, 0.15) is 23.2 Å². The smallest absolute Gasteiger partial charge is 0.283 e. The monoisotopic (exact) mass is 476 g/mol. The summed E-state index contributed by atoms with van der Waals surface area (Å²) in [5.41, 5.74) is -2.24. The standard InChI is InChI=1S/C18H17ClF4N6O3/c1-8(29-14(16(22)23)11(19)13(27-29)15(20)21)17(30)25-10-7-28(2)26-12(10)18(31)24-6-9-4-3-5-32-9/h3-5,7-8,15-16H,6H2,1-2H3,(H,24,31)(H,25,30). The van der Waals surface area contributed by atoms with Gasteiger partial charge in [0.25, 0.3) is 18.8 Å². The zero-order chi connectivity index (χ0) is 23.6. The van der Waals surface area contributed by atoms with Crippen molar-refractivity contribution in [2.45, 2.75) is 32.4 Å². The highest BCUT2D eigenvalue weighted by molar-refractivity contribution is 6.32. The van der Waals surface area contributed by atoms with Crippen LogP contribution in [0.3, 0.4) is 0 Å². The lowest BCUT2D eigenvalue weighted by molar-refractivity contribution is -0.119. The van der Waals surface area contributed by atoms with Crippen molar-refractivity contribution in [3.63, 3.8) is 0 Å². The minimum atomic E-state index is -3.25. The Kier molecular flexibility index (Phi) is 6.87. The number of halogens is 5. The number of aromatic nitrogens is 4. The Labute approximate surface area is 183 Å². The Morgan fingerprint density at radius 2 is 1.94 bits per heavy atom. The summed E-state index contributed by atoms with van der Waals surface area (Å²) in [4.78, 5) is 25.1. The van der Waals surface area contributed by atoms with Crippen LogP contribution in [-0.2, 0) is 18.4 Å². The minimum absolute atomic E-state index is 0.0211. The molecule has 0 spiro atoms. The van der Waals surface area contributed by atoms with Gasteiger partial charge < -0.3 is 15.1 Å². The van der Waals surface area contributed by atoms with E-state index in [2.05, 4.69) is 20.8 Å². The van der Waals surface area contributed by atoms with Gasteiger partial charge in [-0.1, -0.05) is 11.6 Å². The van der Waals surface area contributed by atoms with Crippen LogP contribution in [-0.4, -0.2) is 31.4 Å². The predicted molar refractivity (Wildman–Crippen MR) is 104 cm³/mol.